The second kappa shape index (κ2) is 8.81. The number of phenolic OH excluding ortho intramolecular Hbond substituents is 1. The lowest BCUT2D eigenvalue weighted by Gasteiger charge is -2.10. The van der Waals surface area contributed by atoms with Crippen LogP contribution in [0, 0.1) is 5.82 Å². The number of phenols is 1. The van der Waals surface area contributed by atoms with Gasteiger partial charge >= 0.3 is 0 Å². The SMILES string of the molecule is O=C(NCCCC[C@H]1CCCO1)c1cccc(-c2cccc(F)c2O)c1. The standard InChI is InChI=1S/C21H24FNO3/c22-19-11-4-10-18(20(19)24)15-6-3-7-16(14-15)21(25)23-12-2-1-8-17-9-5-13-26-17/h3-4,6-7,10-11,14,17,24H,1-2,5,8-9,12-13H2,(H,23,25)/t17-/m0/s1. The lowest BCUT2D eigenvalue weighted by Crippen LogP contribution is -2.24. The van der Waals surface area contributed by atoms with Crippen molar-refractivity contribution in [2.24, 2.45) is 0 Å². The van der Waals surface area contributed by atoms with Crippen molar-refractivity contribution in [2.75, 3.05) is 13.2 Å². The first kappa shape index (κ1) is 18.4. The van der Waals surface area contributed by atoms with Crippen LogP contribution in [-0.2, 0) is 4.74 Å². The van der Waals surface area contributed by atoms with Crippen molar-refractivity contribution >= 4 is 5.91 Å². The van der Waals surface area contributed by atoms with Crippen LogP contribution >= 0.6 is 0 Å². The van der Waals surface area contributed by atoms with E-state index in [1.54, 1.807) is 30.3 Å². The minimum atomic E-state index is -0.677. The molecule has 0 unspecified atom stereocenters. The van der Waals surface area contributed by atoms with Crippen molar-refractivity contribution < 1.29 is 19.0 Å². The van der Waals surface area contributed by atoms with Gasteiger partial charge in [0.25, 0.3) is 5.91 Å². The molecular formula is C21H24FNO3. The number of unbranched alkanes of at least 4 members (excludes halogenated alkanes) is 1. The Balaban J connectivity index is 1.54. The molecule has 0 bridgehead atoms. The van der Waals surface area contributed by atoms with E-state index in [2.05, 4.69) is 5.32 Å². The quantitative estimate of drug-likeness (QED) is 0.727. The summed E-state index contributed by atoms with van der Waals surface area (Å²) in [5, 5.41) is 12.8. The second-order valence-electron chi connectivity index (χ2n) is 6.60. The summed E-state index contributed by atoms with van der Waals surface area (Å²) in [5.41, 5.74) is 1.47. The first-order valence-corrected chi connectivity index (χ1v) is 9.13. The Morgan fingerprint density at radius 2 is 2.08 bits per heavy atom. The van der Waals surface area contributed by atoms with Crippen molar-refractivity contribution in [1.29, 1.82) is 0 Å². The maximum Gasteiger partial charge on any atom is 0.251 e. The van der Waals surface area contributed by atoms with Crippen molar-refractivity contribution in [3.8, 4) is 16.9 Å². The maximum absolute atomic E-state index is 13.5. The Kier molecular flexibility index (Phi) is 6.23. The molecule has 1 amide bonds. The Labute approximate surface area is 153 Å². The molecule has 0 spiro atoms. The number of nitrogens with one attached hydrogen (secondary N) is 1. The third kappa shape index (κ3) is 4.61. The van der Waals surface area contributed by atoms with Gasteiger partial charge in [0.2, 0.25) is 0 Å². The third-order valence-corrected chi connectivity index (χ3v) is 4.68. The summed E-state index contributed by atoms with van der Waals surface area (Å²) in [6.45, 7) is 1.49. The number of hydrogen-bond donors (Lipinski definition) is 2. The summed E-state index contributed by atoms with van der Waals surface area (Å²) in [6.07, 6.45) is 5.67. The number of amides is 1. The molecule has 0 saturated carbocycles. The molecule has 2 aromatic rings. The van der Waals surface area contributed by atoms with E-state index < -0.39 is 11.6 Å². The molecule has 138 valence electrons. The Morgan fingerprint density at radius 3 is 2.88 bits per heavy atom. The molecule has 0 aromatic heterocycles. The molecule has 3 rings (SSSR count). The summed E-state index contributed by atoms with van der Waals surface area (Å²) in [6, 6.07) is 11.2. The molecule has 0 aliphatic carbocycles. The summed E-state index contributed by atoms with van der Waals surface area (Å²) in [5.74, 6) is -1.25. The largest absolute Gasteiger partial charge is 0.504 e. The molecule has 4 nitrogen and oxygen atoms in total. The summed E-state index contributed by atoms with van der Waals surface area (Å²) in [7, 11) is 0. The zero-order valence-corrected chi connectivity index (χ0v) is 14.7. The molecule has 26 heavy (non-hydrogen) atoms. The molecule has 0 radical (unpaired) electrons. The van der Waals surface area contributed by atoms with Gasteiger partial charge in [-0.25, -0.2) is 4.39 Å². The highest BCUT2D eigenvalue weighted by Crippen LogP contribution is 2.31. The van der Waals surface area contributed by atoms with Crippen LogP contribution in [0.25, 0.3) is 11.1 Å². The van der Waals surface area contributed by atoms with Gasteiger partial charge in [0.1, 0.15) is 0 Å². The van der Waals surface area contributed by atoms with E-state index >= 15 is 0 Å². The Bertz CT molecular complexity index is 757. The highest BCUT2D eigenvalue weighted by atomic mass is 19.1. The summed E-state index contributed by atoms with van der Waals surface area (Å²) < 4.78 is 19.1. The molecule has 2 N–H and O–H groups in total. The first-order valence-electron chi connectivity index (χ1n) is 9.13. The zero-order valence-electron chi connectivity index (χ0n) is 14.7. The predicted octanol–water partition coefficient (Wildman–Crippen LogP) is 4.28. The summed E-state index contributed by atoms with van der Waals surface area (Å²) in [4.78, 5) is 12.3. The number of halogens is 1. The number of carbonyl (C=O) groups excluding carboxylic acids is 1. The van der Waals surface area contributed by atoms with Gasteiger partial charge in [0, 0.05) is 24.3 Å². The van der Waals surface area contributed by atoms with Crippen LogP contribution in [0.5, 0.6) is 5.75 Å². The van der Waals surface area contributed by atoms with Crippen LogP contribution < -0.4 is 5.32 Å². The lowest BCUT2D eigenvalue weighted by atomic mass is 10.0. The molecule has 1 heterocycles. The molecule has 5 heteroatoms. The molecule has 2 aromatic carbocycles. The number of benzene rings is 2. The van der Waals surface area contributed by atoms with E-state index in [0.717, 1.165) is 38.7 Å². The minimum absolute atomic E-state index is 0.167. The minimum Gasteiger partial charge on any atom is -0.504 e. The fourth-order valence-corrected chi connectivity index (χ4v) is 3.25. The van der Waals surface area contributed by atoms with Gasteiger partial charge in [0.15, 0.2) is 11.6 Å². The van der Waals surface area contributed by atoms with E-state index in [0.29, 0.717) is 29.3 Å². The van der Waals surface area contributed by atoms with Crippen LogP contribution in [0.15, 0.2) is 42.5 Å². The van der Waals surface area contributed by atoms with Gasteiger partial charge in [-0.3, -0.25) is 4.79 Å². The topological polar surface area (TPSA) is 58.6 Å². The van der Waals surface area contributed by atoms with Crippen molar-refractivity contribution in [3.63, 3.8) is 0 Å². The fourth-order valence-electron chi connectivity index (χ4n) is 3.25. The highest BCUT2D eigenvalue weighted by molar-refractivity contribution is 5.95. The number of carbonyl (C=O) groups is 1. The predicted molar refractivity (Wildman–Crippen MR) is 98.7 cm³/mol. The van der Waals surface area contributed by atoms with Gasteiger partial charge in [0.05, 0.1) is 6.10 Å². The summed E-state index contributed by atoms with van der Waals surface area (Å²) >= 11 is 0. The fraction of sp³-hybridized carbons (Fsp3) is 0.381. The highest BCUT2D eigenvalue weighted by Gasteiger charge is 2.15. The van der Waals surface area contributed by atoms with Gasteiger partial charge in [-0.1, -0.05) is 24.3 Å². The smallest absolute Gasteiger partial charge is 0.251 e. The average molecular weight is 357 g/mol. The third-order valence-electron chi connectivity index (χ3n) is 4.68. The van der Waals surface area contributed by atoms with E-state index in [4.69, 9.17) is 4.74 Å². The normalized spacial score (nSPS) is 16.6. The number of ether oxygens (including phenoxy) is 1. The van der Waals surface area contributed by atoms with Crippen LogP contribution in [0.1, 0.15) is 42.5 Å². The van der Waals surface area contributed by atoms with E-state index in [9.17, 15) is 14.3 Å². The molecular weight excluding hydrogens is 333 g/mol. The Hall–Kier alpha value is -2.40. The molecule has 1 aliphatic rings. The number of para-hydroxylation sites is 1. The maximum atomic E-state index is 13.5. The van der Waals surface area contributed by atoms with Gasteiger partial charge in [-0.05, 0) is 55.9 Å². The lowest BCUT2D eigenvalue weighted by molar-refractivity contribution is 0.0947. The van der Waals surface area contributed by atoms with Crippen LogP contribution in [-0.4, -0.2) is 30.3 Å². The van der Waals surface area contributed by atoms with Crippen LogP contribution in [0.2, 0.25) is 0 Å². The molecule has 1 saturated heterocycles. The number of aromatic hydroxyl groups is 1. The van der Waals surface area contributed by atoms with Crippen LogP contribution in [0.4, 0.5) is 4.39 Å². The van der Waals surface area contributed by atoms with E-state index in [1.807, 2.05) is 0 Å². The molecule has 1 atom stereocenters. The Morgan fingerprint density at radius 1 is 1.23 bits per heavy atom. The number of rotatable bonds is 7. The average Bonchev–Trinajstić information content (AvgIpc) is 3.17. The van der Waals surface area contributed by atoms with Gasteiger partial charge < -0.3 is 15.2 Å². The van der Waals surface area contributed by atoms with Gasteiger partial charge in [-0.2, -0.15) is 0 Å². The van der Waals surface area contributed by atoms with E-state index in [1.165, 1.54) is 12.1 Å². The molecule has 1 fully saturated rings. The van der Waals surface area contributed by atoms with E-state index in [-0.39, 0.29) is 5.91 Å². The second-order valence-corrected chi connectivity index (χ2v) is 6.60. The van der Waals surface area contributed by atoms with Crippen molar-refractivity contribution in [3.05, 3.63) is 53.8 Å². The number of hydrogen-bond acceptors (Lipinski definition) is 3. The monoisotopic (exact) mass is 357 g/mol. The van der Waals surface area contributed by atoms with Gasteiger partial charge in [-0.15, -0.1) is 0 Å². The molecule has 1 aliphatic heterocycles. The van der Waals surface area contributed by atoms with Crippen LogP contribution in [0.3, 0.4) is 0 Å². The van der Waals surface area contributed by atoms with Crippen molar-refractivity contribution in [1.82, 2.24) is 5.32 Å². The first-order chi connectivity index (χ1) is 12.6. The van der Waals surface area contributed by atoms with Crippen molar-refractivity contribution in [2.45, 2.75) is 38.2 Å². The zero-order chi connectivity index (χ0) is 18.4.